The number of benzene rings is 1. The third kappa shape index (κ3) is 1.16. The summed E-state index contributed by atoms with van der Waals surface area (Å²) in [5, 5.41) is 0.415. The minimum Gasteiger partial charge on any atom is -0.452 e. The molecule has 1 aromatic carbocycles. The molecule has 2 rings (SSSR count). The highest BCUT2D eigenvalue weighted by Crippen LogP contribution is 2.18. The molecule has 0 atom stereocenters. The lowest BCUT2D eigenvalue weighted by atomic mass is 10.2. The van der Waals surface area contributed by atoms with Crippen molar-refractivity contribution in [1.29, 1.82) is 0 Å². The number of carbonyl (C=O) groups is 1. The van der Waals surface area contributed by atoms with Crippen molar-refractivity contribution in [1.82, 2.24) is 4.57 Å². The second-order valence-corrected chi connectivity index (χ2v) is 2.83. The third-order valence-electron chi connectivity index (χ3n) is 2.05. The summed E-state index contributed by atoms with van der Waals surface area (Å²) in [6.07, 6.45) is 0.963. The third-order valence-corrected chi connectivity index (χ3v) is 2.05. The monoisotopic (exact) mass is 193 g/mol. The van der Waals surface area contributed by atoms with Gasteiger partial charge in [-0.3, -0.25) is 4.57 Å². The number of halogens is 1. The van der Waals surface area contributed by atoms with Gasteiger partial charge in [0, 0.05) is 11.6 Å². The molecule has 0 radical (unpaired) electrons. The Morgan fingerprint density at radius 1 is 1.43 bits per heavy atom. The van der Waals surface area contributed by atoms with Crippen molar-refractivity contribution < 1.29 is 13.9 Å². The molecule has 0 saturated heterocycles. The number of rotatable bonds is 0. The fraction of sp³-hybridized carbons (Fsp3) is 0.100. The van der Waals surface area contributed by atoms with Crippen LogP contribution in [0.4, 0.5) is 9.18 Å². The molecule has 0 aliphatic carbocycles. The van der Waals surface area contributed by atoms with Crippen molar-refractivity contribution in [3.8, 4) is 0 Å². The highest BCUT2D eigenvalue weighted by atomic mass is 19.1. The normalized spacial score (nSPS) is 10.4. The Labute approximate surface area is 79.7 Å². The van der Waals surface area contributed by atoms with Gasteiger partial charge in [0.2, 0.25) is 0 Å². The van der Waals surface area contributed by atoms with Crippen LogP contribution >= 0.6 is 0 Å². The molecule has 0 aliphatic rings. The quantitative estimate of drug-likeness (QED) is 0.643. The number of hydrogen-bond acceptors (Lipinski definition) is 2. The van der Waals surface area contributed by atoms with Gasteiger partial charge in [-0.1, -0.05) is 6.07 Å². The molecule has 2 aromatic rings. The summed E-state index contributed by atoms with van der Waals surface area (Å²) in [6.45, 7) is 0. The highest BCUT2D eigenvalue weighted by Gasteiger charge is 2.10. The number of nitrogens with zero attached hydrogens (tertiary/aromatic N) is 1. The zero-order valence-electron chi connectivity index (χ0n) is 7.53. The van der Waals surface area contributed by atoms with Gasteiger partial charge in [0.05, 0.1) is 12.6 Å². The molecule has 0 fully saturated rings. The first-order chi connectivity index (χ1) is 6.74. The van der Waals surface area contributed by atoms with Gasteiger partial charge in [-0.05, 0) is 18.2 Å². The van der Waals surface area contributed by atoms with E-state index in [9.17, 15) is 9.18 Å². The van der Waals surface area contributed by atoms with E-state index in [1.54, 1.807) is 18.2 Å². The van der Waals surface area contributed by atoms with Crippen molar-refractivity contribution in [2.45, 2.75) is 0 Å². The average molecular weight is 193 g/mol. The molecule has 72 valence electrons. The van der Waals surface area contributed by atoms with E-state index in [4.69, 9.17) is 0 Å². The number of hydrogen-bond donors (Lipinski definition) is 0. The van der Waals surface area contributed by atoms with E-state index < -0.39 is 6.09 Å². The van der Waals surface area contributed by atoms with Gasteiger partial charge in [0.15, 0.2) is 0 Å². The molecular weight excluding hydrogens is 185 g/mol. The minimum absolute atomic E-state index is 0.342. The maximum absolute atomic E-state index is 13.2. The molecule has 1 aromatic heterocycles. The van der Waals surface area contributed by atoms with Gasteiger partial charge >= 0.3 is 6.09 Å². The Bertz CT molecular complexity index is 490. The SMILES string of the molecule is COC(=O)n1ccc2c(F)cccc21. The van der Waals surface area contributed by atoms with Crippen molar-refractivity contribution in [3.63, 3.8) is 0 Å². The van der Waals surface area contributed by atoms with Crippen LogP contribution in [0.3, 0.4) is 0 Å². The van der Waals surface area contributed by atoms with Crippen molar-refractivity contribution in [3.05, 3.63) is 36.3 Å². The van der Waals surface area contributed by atoms with Gasteiger partial charge < -0.3 is 4.74 Å². The van der Waals surface area contributed by atoms with E-state index in [1.165, 1.54) is 23.9 Å². The Balaban J connectivity index is 2.70. The number of ether oxygens (including phenoxy) is 1. The molecule has 0 bridgehead atoms. The zero-order valence-corrected chi connectivity index (χ0v) is 7.53. The molecule has 0 unspecified atom stereocenters. The maximum atomic E-state index is 13.2. The van der Waals surface area contributed by atoms with Crippen LogP contribution in [0.15, 0.2) is 30.5 Å². The molecule has 14 heavy (non-hydrogen) atoms. The summed E-state index contributed by atoms with van der Waals surface area (Å²) in [4.78, 5) is 11.2. The highest BCUT2D eigenvalue weighted by molar-refractivity contribution is 5.89. The summed E-state index contributed by atoms with van der Waals surface area (Å²) >= 11 is 0. The molecule has 1 heterocycles. The summed E-state index contributed by atoms with van der Waals surface area (Å²) in [7, 11) is 1.29. The van der Waals surface area contributed by atoms with Gasteiger partial charge in [-0.2, -0.15) is 0 Å². The lowest BCUT2D eigenvalue weighted by Gasteiger charge is -2.01. The van der Waals surface area contributed by atoms with E-state index in [-0.39, 0.29) is 5.82 Å². The molecule has 0 N–H and O–H groups in total. The van der Waals surface area contributed by atoms with Crippen molar-refractivity contribution in [2.24, 2.45) is 0 Å². The number of carbonyl (C=O) groups excluding carboxylic acids is 1. The molecule has 3 nitrogen and oxygen atoms in total. The van der Waals surface area contributed by atoms with E-state index in [2.05, 4.69) is 4.74 Å². The van der Waals surface area contributed by atoms with Gasteiger partial charge in [0.1, 0.15) is 5.82 Å². The van der Waals surface area contributed by atoms with E-state index in [1.807, 2.05) is 0 Å². The summed E-state index contributed by atoms with van der Waals surface area (Å²) in [5.41, 5.74) is 0.511. The van der Waals surface area contributed by atoms with Crippen LogP contribution in [0.1, 0.15) is 0 Å². The molecule has 0 spiro atoms. The summed E-state index contributed by atoms with van der Waals surface area (Å²) in [5.74, 6) is -0.342. The molecule has 0 saturated carbocycles. The number of methoxy groups -OCH3 is 1. The number of aromatic nitrogens is 1. The molecular formula is C10H8FNO2. The maximum Gasteiger partial charge on any atom is 0.418 e. The molecule has 0 amide bonds. The standard InChI is InChI=1S/C10H8FNO2/c1-14-10(13)12-6-5-7-8(11)3-2-4-9(7)12/h2-6H,1H3. The fourth-order valence-electron chi connectivity index (χ4n) is 1.39. The lowest BCUT2D eigenvalue weighted by molar-refractivity contribution is 0.174. The molecule has 0 aliphatic heterocycles. The first kappa shape index (κ1) is 8.74. The second-order valence-electron chi connectivity index (χ2n) is 2.83. The fourth-order valence-corrected chi connectivity index (χ4v) is 1.39. The van der Waals surface area contributed by atoms with Crippen LogP contribution in [-0.4, -0.2) is 17.8 Å². The van der Waals surface area contributed by atoms with Crippen LogP contribution < -0.4 is 0 Å². The summed E-state index contributed by atoms with van der Waals surface area (Å²) in [6, 6.07) is 6.11. The van der Waals surface area contributed by atoms with E-state index >= 15 is 0 Å². The lowest BCUT2D eigenvalue weighted by Crippen LogP contribution is -2.09. The summed E-state index contributed by atoms with van der Waals surface area (Å²) < 4.78 is 19.0. The molecule has 4 heteroatoms. The Kier molecular flexibility index (Phi) is 1.96. The van der Waals surface area contributed by atoms with Gasteiger partial charge in [0.25, 0.3) is 0 Å². The Hall–Kier alpha value is -1.84. The minimum atomic E-state index is -0.523. The van der Waals surface area contributed by atoms with E-state index in [0.29, 0.717) is 10.9 Å². The predicted octanol–water partition coefficient (Wildman–Crippen LogP) is 2.39. The number of fused-ring (bicyclic) bond motifs is 1. The van der Waals surface area contributed by atoms with Crippen molar-refractivity contribution >= 4 is 17.0 Å². The second kappa shape index (κ2) is 3.14. The van der Waals surface area contributed by atoms with Crippen LogP contribution in [0.25, 0.3) is 10.9 Å². The van der Waals surface area contributed by atoms with E-state index in [0.717, 1.165) is 0 Å². The van der Waals surface area contributed by atoms with Crippen molar-refractivity contribution in [2.75, 3.05) is 7.11 Å². The van der Waals surface area contributed by atoms with Crippen LogP contribution in [0, 0.1) is 5.82 Å². The topological polar surface area (TPSA) is 31.2 Å². The Morgan fingerprint density at radius 3 is 2.93 bits per heavy atom. The van der Waals surface area contributed by atoms with Crippen LogP contribution in [0.2, 0.25) is 0 Å². The Morgan fingerprint density at radius 2 is 2.21 bits per heavy atom. The van der Waals surface area contributed by atoms with Crippen LogP contribution in [-0.2, 0) is 4.74 Å². The zero-order chi connectivity index (χ0) is 10.1. The van der Waals surface area contributed by atoms with Gasteiger partial charge in [-0.25, -0.2) is 9.18 Å². The van der Waals surface area contributed by atoms with Gasteiger partial charge in [-0.15, -0.1) is 0 Å². The predicted molar refractivity (Wildman–Crippen MR) is 49.7 cm³/mol. The smallest absolute Gasteiger partial charge is 0.418 e. The average Bonchev–Trinajstić information content (AvgIpc) is 2.62. The first-order valence-corrected chi connectivity index (χ1v) is 4.08. The largest absolute Gasteiger partial charge is 0.452 e. The van der Waals surface area contributed by atoms with Crippen LogP contribution in [0.5, 0.6) is 0 Å². The first-order valence-electron chi connectivity index (χ1n) is 4.08.